The number of amides is 1. The van der Waals surface area contributed by atoms with Gasteiger partial charge in [0.2, 0.25) is 0 Å². The molecule has 0 atom stereocenters. The van der Waals surface area contributed by atoms with Crippen molar-refractivity contribution in [2.75, 3.05) is 19.8 Å². The summed E-state index contributed by atoms with van der Waals surface area (Å²) < 4.78 is 10.9. The van der Waals surface area contributed by atoms with Crippen molar-refractivity contribution >= 4 is 17.5 Å². The lowest BCUT2D eigenvalue weighted by molar-refractivity contribution is -0.119. The van der Waals surface area contributed by atoms with E-state index < -0.39 is 5.91 Å². The third kappa shape index (κ3) is 6.23. The molecule has 0 spiro atoms. The summed E-state index contributed by atoms with van der Waals surface area (Å²) >= 11 is 6.21. The van der Waals surface area contributed by atoms with E-state index in [1.165, 1.54) is 0 Å². The maximum atomic E-state index is 10.8. The maximum absolute atomic E-state index is 10.8. The highest BCUT2D eigenvalue weighted by molar-refractivity contribution is 6.32. The van der Waals surface area contributed by atoms with Gasteiger partial charge in [-0.1, -0.05) is 24.9 Å². The Morgan fingerprint density at radius 2 is 2.10 bits per heavy atom. The van der Waals surface area contributed by atoms with Crippen LogP contribution in [0.15, 0.2) is 12.1 Å². The predicted octanol–water partition coefficient (Wildman–Crippen LogP) is 2.49. The molecule has 0 aliphatic rings. The highest BCUT2D eigenvalue weighted by Crippen LogP contribution is 2.36. The number of benzene rings is 1. The third-order valence-corrected chi connectivity index (χ3v) is 3.04. The van der Waals surface area contributed by atoms with Gasteiger partial charge in [0.25, 0.3) is 5.91 Å². The van der Waals surface area contributed by atoms with Gasteiger partial charge in [0.05, 0.1) is 11.6 Å². The van der Waals surface area contributed by atoms with Crippen LogP contribution in [-0.2, 0) is 11.3 Å². The first-order chi connectivity index (χ1) is 10.1. The molecule has 1 aromatic carbocycles. The van der Waals surface area contributed by atoms with E-state index in [0.29, 0.717) is 29.7 Å². The lowest BCUT2D eigenvalue weighted by Gasteiger charge is -2.15. The summed E-state index contributed by atoms with van der Waals surface area (Å²) in [7, 11) is 0. The zero-order chi connectivity index (χ0) is 15.7. The van der Waals surface area contributed by atoms with Crippen molar-refractivity contribution in [1.29, 1.82) is 0 Å². The Balaban J connectivity index is 2.81. The molecule has 6 heteroatoms. The van der Waals surface area contributed by atoms with Crippen LogP contribution >= 0.6 is 11.6 Å². The Labute approximate surface area is 130 Å². The number of nitrogens with two attached hydrogens (primary N) is 1. The molecular weight excluding hydrogens is 292 g/mol. The quantitative estimate of drug-likeness (QED) is 0.651. The molecule has 0 fully saturated rings. The fraction of sp³-hybridized carbons (Fsp3) is 0.533. The lowest BCUT2D eigenvalue weighted by Crippen LogP contribution is -2.20. The monoisotopic (exact) mass is 314 g/mol. The van der Waals surface area contributed by atoms with Crippen molar-refractivity contribution in [2.24, 2.45) is 5.73 Å². The van der Waals surface area contributed by atoms with Gasteiger partial charge in [-0.3, -0.25) is 4.79 Å². The molecule has 1 amide bonds. The van der Waals surface area contributed by atoms with Gasteiger partial charge in [0, 0.05) is 6.54 Å². The van der Waals surface area contributed by atoms with Crippen LogP contribution in [0.5, 0.6) is 11.5 Å². The summed E-state index contributed by atoms with van der Waals surface area (Å²) in [6.07, 6.45) is 2.28. The molecule has 118 valence electrons. The second-order valence-corrected chi connectivity index (χ2v) is 5.03. The Hall–Kier alpha value is -1.46. The summed E-state index contributed by atoms with van der Waals surface area (Å²) in [5.74, 6) is 0.326. The van der Waals surface area contributed by atoms with Crippen molar-refractivity contribution in [3.63, 3.8) is 0 Å². The number of hydrogen-bond donors (Lipinski definition) is 2. The predicted molar refractivity (Wildman–Crippen MR) is 83.9 cm³/mol. The molecule has 0 bridgehead atoms. The summed E-state index contributed by atoms with van der Waals surface area (Å²) in [5, 5.41) is 3.75. The van der Waals surface area contributed by atoms with Gasteiger partial charge in [-0.15, -0.1) is 0 Å². The van der Waals surface area contributed by atoms with Crippen molar-refractivity contribution in [1.82, 2.24) is 5.32 Å². The zero-order valence-corrected chi connectivity index (χ0v) is 13.3. The van der Waals surface area contributed by atoms with E-state index >= 15 is 0 Å². The van der Waals surface area contributed by atoms with E-state index in [0.717, 1.165) is 24.9 Å². The maximum Gasteiger partial charge on any atom is 0.255 e. The molecule has 0 unspecified atom stereocenters. The first-order valence-electron chi connectivity index (χ1n) is 7.15. The average molecular weight is 315 g/mol. The van der Waals surface area contributed by atoms with E-state index in [1.807, 2.05) is 13.0 Å². The summed E-state index contributed by atoms with van der Waals surface area (Å²) in [6, 6.07) is 3.67. The van der Waals surface area contributed by atoms with Gasteiger partial charge in [0.15, 0.2) is 18.1 Å². The number of nitrogens with one attached hydrogen (secondary N) is 1. The largest absolute Gasteiger partial charge is 0.490 e. The summed E-state index contributed by atoms with van der Waals surface area (Å²) in [6.45, 7) is 5.94. The second kappa shape index (κ2) is 9.47. The fourth-order valence-electron chi connectivity index (χ4n) is 1.80. The Morgan fingerprint density at radius 1 is 1.33 bits per heavy atom. The molecule has 0 aromatic heterocycles. The smallest absolute Gasteiger partial charge is 0.255 e. The van der Waals surface area contributed by atoms with E-state index in [2.05, 4.69) is 12.2 Å². The minimum Gasteiger partial charge on any atom is -0.490 e. The van der Waals surface area contributed by atoms with Crippen LogP contribution in [0.1, 0.15) is 32.3 Å². The van der Waals surface area contributed by atoms with Crippen molar-refractivity contribution in [3.05, 3.63) is 22.7 Å². The van der Waals surface area contributed by atoms with E-state index in [9.17, 15) is 4.79 Å². The van der Waals surface area contributed by atoms with Crippen molar-refractivity contribution in [3.8, 4) is 11.5 Å². The Kier molecular flexibility index (Phi) is 7.93. The molecule has 0 heterocycles. The van der Waals surface area contributed by atoms with E-state index in [1.54, 1.807) is 6.07 Å². The molecule has 21 heavy (non-hydrogen) atoms. The zero-order valence-electron chi connectivity index (χ0n) is 12.6. The summed E-state index contributed by atoms with van der Waals surface area (Å²) in [4.78, 5) is 10.8. The number of rotatable bonds is 10. The van der Waals surface area contributed by atoms with Gasteiger partial charge >= 0.3 is 0 Å². The fourth-order valence-corrected chi connectivity index (χ4v) is 2.09. The van der Waals surface area contributed by atoms with E-state index in [4.69, 9.17) is 26.8 Å². The SMILES string of the molecule is CCCCNCc1cc(Cl)c(OCC(N)=O)c(OCC)c1. The molecule has 0 aliphatic heterocycles. The average Bonchev–Trinajstić information content (AvgIpc) is 2.43. The number of carbonyl (C=O) groups excluding carboxylic acids is 1. The number of ether oxygens (including phenoxy) is 2. The number of unbranched alkanes of at least 4 members (excludes halogenated alkanes) is 1. The standard InChI is InChI=1S/C15H23ClN2O3/c1-3-5-6-18-9-11-7-12(16)15(21-10-14(17)19)13(8-11)20-4-2/h7-8,18H,3-6,9-10H2,1-2H3,(H2,17,19). The Morgan fingerprint density at radius 3 is 2.71 bits per heavy atom. The molecule has 0 saturated carbocycles. The molecule has 1 aromatic rings. The molecular formula is C15H23ClN2O3. The van der Waals surface area contributed by atoms with Gasteiger partial charge < -0.3 is 20.5 Å². The normalized spacial score (nSPS) is 10.4. The second-order valence-electron chi connectivity index (χ2n) is 4.62. The minimum atomic E-state index is -0.557. The lowest BCUT2D eigenvalue weighted by atomic mass is 10.2. The third-order valence-electron chi connectivity index (χ3n) is 2.76. The number of hydrogen-bond acceptors (Lipinski definition) is 4. The number of primary amides is 1. The van der Waals surface area contributed by atoms with Crippen LogP contribution in [0.2, 0.25) is 5.02 Å². The van der Waals surface area contributed by atoms with Gasteiger partial charge in [0.1, 0.15) is 0 Å². The minimum absolute atomic E-state index is 0.228. The molecule has 0 aliphatic carbocycles. The molecule has 0 saturated heterocycles. The van der Waals surface area contributed by atoms with Crippen LogP contribution in [0.25, 0.3) is 0 Å². The van der Waals surface area contributed by atoms with Gasteiger partial charge in [-0.05, 0) is 37.6 Å². The van der Waals surface area contributed by atoms with E-state index in [-0.39, 0.29) is 6.61 Å². The van der Waals surface area contributed by atoms with Crippen LogP contribution in [0.4, 0.5) is 0 Å². The van der Waals surface area contributed by atoms with Crippen molar-refractivity contribution < 1.29 is 14.3 Å². The molecule has 5 nitrogen and oxygen atoms in total. The van der Waals surface area contributed by atoms with Gasteiger partial charge in [-0.2, -0.15) is 0 Å². The highest BCUT2D eigenvalue weighted by Gasteiger charge is 2.13. The first-order valence-corrected chi connectivity index (χ1v) is 7.53. The van der Waals surface area contributed by atoms with Crippen LogP contribution in [-0.4, -0.2) is 25.7 Å². The highest BCUT2D eigenvalue weighted by atomic mass is 35.5. The molecule has 3 N–H and O–H groups in total. The number of carbonyl (C=O) groups is 1. The molecule has 1 rings (SSSR count). The van der Waals surface area contributed by atoms with Crippen LogP contribution in [0.3, 0.4) is 0 Å². The van der Waals surface area contributed by atoms with Crippen LogP contribution < -0.4 is 20.5 Å². The number of halogens is 1. The Bertz CT molecular complexity index is 466. The van der Waals surface area contributed by atoms with Crippen molar-refractivity contribution in [2.45, 2.75) is 33.2 Å². The summed E-state index contributed by atoms with van der Waals surface area (Å²) in [5.41, 5.74) is 6.09. The topological polar surface area (TPSA) is 73.6 Å². The van der Waals surface area contributed by atoms with Gasteiger partial charge in [-0.25, -0.2) is 0 Å². The molecule has 0 radical (unpaired) electrons. The first kappa shape index (κ1) is 17.6. The van der Waals surface area contributed by atoms with Crippen LogP contribution in [0, 0.1) is 0 Å².